The van der Waals surface area contributed by atoms with Crippen molar-refractivity contribution in [3.05, 3.63) is 29.6 Å². The number of ether oxygens (including phenoxy) is 1. The molecule has 1 fully saturated rings. The van der Waals surface area contributed by atoms with Gasteiger partial charge >= 0.3 is 0 Å². The van der Waals surface area contributed by atoms with Gasteiger partial charge in [0.25, 0.3) is 0 Å². The van der Waals surface area contributed by atoms with E-state index in [1.807, 2.05) is 0 Å². The SMILES string of the molecule is COc1cccc(CC2(F)CCCNC2)c1F. The van der Waals surface area contributed by atoms with Gasteiger partial charge < -0.3 is 10.1 Å². The van der Waals surface area contributed by atoms with Crippen molar-refractivity contribution in [2.24, 2.45) is 0 Å². The van der Waals surface area contributed by atoms with E-state index in [9.17, 15) is 8.78 Å². The molecule has 1 atom stereocenters. The van der Waals surface area contributed by atoms with E-state index in [4.69, 9.17) is 4.74 Å². The maximum atomic E-state index is 14.4. The second-order valence-electron chi connectivity index (χ2n) is 4.54. The van der Waals surface area contributed by atoms with Crippen LogP contribution in [0.3, 0.4) is 0 Å². The minimum atomic E-state index is -1.34. The first-order chi connectivity index (χ1) is 8.14. The third-order valence-electron chi connectivity index (χ3n) is 3.19. The molecule has 1 aromatic rings. The van der Waals surface area contributed by atoms with Crippen molar-refractivity contribution < 1.29 is 13.5 Å². The largest absolute Gasteiger partial charge is 0.494 e. The molecular formula is C13H17F2NO. The van der Waals surface area contributed by atoms with Gasteiger partial charge in [-0.1, -0.05) is 12.1 Å². The summed E-state index contributed by atoms with van der Waals surface area (Å²) in [5, 5.41) is 3.01. The highest BCUT2D eigenvalue weighted by Crippen LogP contribution is 2.29. The van der Waals surface area contributed by atoms with Crippen LogP contribution in [0.1, 0.15) is 18.4 Å². The predicted molar refractivity (Wildman–Crippen MR) is 62.6 cm³/mol. The Balaban J connectivity index is 2.17. The molecule has 1 heterocycles. The van der Waals surface area contributed by atoms with Crippen LogP contribution in [0.15, 0.2) is 18.2 Å². The minimum absolute atomic E-state index is 0.100. The lowest BCUT2D eigenvalue weighted by atomic mass is 9.89. The van der Waals surface area contributed by atoms with Gasteiger partial charge in [-0.25, -0.2) is 8.78 Å². The number of piperidine rings is 1. The fourth-order valence-corrected chi connectivity index (χ4v) is 2.27. The lowest BCUT2D eigenvalue weighted by Gasteiger charge is -2.30. The minimum Gasteiger partial charge on any atom is -0.494 e. The molecule has 0 aliphatic carbocycles. The van der Waals surface area contributed by atoms with Crippen LogP contribution in [0.4, 0.5) is 8.78 Å². The fourth-order valence-electron chi connectivity index (χ4n) is 2.27. The van der Waals surface area contributed by atoms with Crippen LogP contribution < -0.4 is 10.1 Å². The molecule has 4 heteroatoms. The van der Waals surface area contributed by atoms with Crippen molar-refractivity contribution in [2.75, 3.05) is 20.2 Å². The summed E-state index contributed by atoms with van der Waals surface area (Å²) in [6.45, 7) is 1.13. The highest BCUT2D eigenvalue weighted by atomic mass is 19.1. The second kappa shape index (κ2) is 5.00. The number of halogens is 2. The summed E-state index contributed by atoms with van der Waals surface area (Å²) >= 11 is 0. The standard InChI is InChI=1S/C13H17F2NO/c1-17-11-5-2-4-10(12(11)14)8-13(15)6-3-7-16-9-13/h2,4-5,16H,3,6-9H2,1H3. The van der Waals surface area contributed by atoms with Crippen LogP contribution in [0.5, 0.6) is 5.75 Å². The maximum Gasteiger partial charge on any atom is 0.168 e. The molecule has 1 unspecified atom stereocenters. The number of methoxy groups -OCH3 is 1. The number of hydrogen-bond acceptors (Lipinski definition) is 2. The Morgan fingerprint density at radius 2 is 2.29 bits per heavy atom. The molecular weight excluding hydrogens is 224 g/mol. The van der Waals surface area contributed by atoms with Crippen LogP contribution in [0.25, 0.3) is 0 Å². The molecule has 0 radical (unpaired) electrons. The molecule has 1 N–H and O–H groups in total. The van der Waals surface area contributed by atoms with E-state index < -0.39 is 11.5 Å². The van der Waals surface area contributed by atoms with Crippen molar-refractivity contribution in [2.45, 2.75) is 24.9 Å². The summed E-state index contributed by atoms with van der Waals surface area (Å²) in [5.41, 5.74) is -0.957. The van der Waals surface area contributed by atoms with Crippen LogP contribution in [0, 0.1) is 5.82 Å². The highest BCUT2D eigenvalue weighted by Gasteiger charge is 2.33. The first-order valence-corrected chi connectivity index (χ1v) is 5.86. The molecule has 2 rings (SSSR count). The number of rotatable bonds is 3. The first-order valence-electron chi connectivity index (χ1n) is 5.86. The lowest BCUT2D eigenvalue weighted by Crippen LogP contribution is -2.43. The second-order valence-corrected chi connectivity index (χ2v) is 4.54. The van der Waals surface area contributed by atoms with Crippen LogP contribution in [-0.4, -0.2) is 25.9 Å². The van der Waals surface area contributed by atoms with Crippen molar-refractivity contribution in [1.29, 1.82) is 0 Å². The Kier molecular flexibility index (Phi) is 3.62. The van der Waals surface area contributed by atoms with Gasteiger partial charge in [-0.2, -0.15) is 0 Å². The molecule has 0 aromatic heterocycles. The smallest absolute Gasteiger partial charge is 0.168 e. The maximum absolute atomic E-state index is 14.4. The van der Waals surface area contributed by atoms with Crippen LogP contribution in [0.2, 0.25) is 0 Å². The normalized spacial score (nSPS) is 24.6. The van der Waals surface area contributed by atoms with Crippen molar-refractivity contribution in [3.8, 4) is 5.75 Å². The topological polar surface area (TPSA) is 21.3 Å². The molecule has 0 amide bonds. The van der Waals surface area contributed by atoms with Gasteiger partial charge in [0, 0.05) is 13.0 Å². The monoisotopic (exact) mass is 241 g/mol. The van der Waals surface area contributed by atoms with Crippen molar-refractivity contribution >= 4 is 0 Å². The van der Waals surface area contributed by atoms with Gasteiger partial charge in [0.1, 0.15) is 5.67 Å². The molecule has 0 spiro atoms. The van der Waals surface area contributed by atoms with Crippen molar-refractivity contribution in [1.82, 2.24) is 5.32 Å². The zero-order valence-electron chi connectivity index (χ0n) is 9.93. The van der Waals surface area contributed by atoms with E-state index >= 15 is 0 Å². The number of benzene rings is 1. The van der Waals surface area contributed by atoms with Crippen LogP contribution >= 0.6 is 0 Å². The van der Waals surface area contributed by atoms with Gasteiger partial charge in [-0.15, -0.1) is 0 Å². The molecule has 0 saturated carbocycles. The average Bonchev–Trinajstić information content (AvgIpc) is 2.32. The summed E-state index contributed by atoms with van der Waals surface area (Å²) in [4.78, 5) is 0. The van der Waals surface area contributed by atoms with Gasteiger partial charge in [0.05, 0.1) is 7.11 Å². The first kappa shape index (κ1) is 12.3. The molecule has 1 aliphatic rings. The summed E-state index contributed by atoms with van der Waals surface area (Å²) in [7, 11) is 1.41. The van der Waals surface area contributed by atoms with Crippen molar-refractivity contribution in [3.63, 3.8) is 0 Å². The zero-order chi connectivity index (χ0) is 12.3. The van der Waals surface area contributed by atoms with E-state index in [1.165, 1.54) is 7.11 Å². The number of alkyl halides is 1. The van der Waals surface area contributed by atoms with Crippen LogP contribution in [-0.2, 0) is 6.42 Å². The van der Waals surface area contributed by atoms with E-state index in [0.29, 0.717) is 18.5 Å². The fraction of sp³-hybridized carbons (Fsp3) is 0.538. The third-order valence-corrected chi connectivity index (χ3v) is 3.19. The Morgan fingerprint density at radius 1 is 1.47 bits per heavy atom. The van der Waals surface area contributed by atoms with Gasteiger partial charge in [-0.05, 0) is 31.0 Å². The Bertz CT molecular complexity index is 389. The van der Waals surface area contributed by atoms with E-state index in [2.05, 4.69) is 5.32 Å². The Morgan fingerprint density at radius 3 is 2.94 bits per heavy atom. The third kappa shape index (κ3) is 2.75. The Labute approximate surface area is 100.0 Å². The molecule has 1 aromatic carbocycles. The van der Waals surface area contributed by atoms with E-state index in [1.54, 1.807) is 18.2 Å². The summed E-state index contributed by atoms with van der Waals surface area (Å²) in [6, 6.07) is 4.85. The lowest BCUT2D eigenvalue weighted by molar-refractivity contribution is 0.121. The average molecular weight is 241 g/mol. The van der Waals surface area contributed by atoms with E-state index in [-0.39, 0.29) is 12.2 Å². The van der Waals surface area contributed by atoms with Gasteiger partial charge in [0.15, 0.2) is 11.6 Å². The Hall–Kier alpha value is -1.16. The zero-order valence-corrected chi connectivity index (χ0v) is 9.93. The summed E-state index contributed by atoms with van der Waals surface area (Å²) < 4.78 is 33.2. The molecule has 1 saturated heterocycles. The molecule has 17 heavy (non-hydrogen) atoms. The molecule has 0 bridgehead atoms. The van der Waals surface area contributed by atoms with Gasteiger partial charge in [0.2, 0.25) is 0 Å². The number of nitrogens with one attached hydrogen (secondary N) is 1. The van der Waals surface area contributed by atoms with Gasteiger partial charge in [-0.3, -0.25) is 0 Å². The number of hydrogen-bond donors (Lipinski definition) is 1. The molecule has 2 nitrogen and oxygen atoms in total. The summed E-state index contributed by atoms with van der Waals surface area (Å²) in [6.07, 6.45) is 1.38. The quantitative estimate of drug-likeness (QED) is 0.877. The highest BCUT2D eigenvalue weighted by molar-refractivity contribution is 5.32. The van der Waals surface area contributed by atoms with E-state index in [0.717, 1.165) is 13.0 Å². The summed E-state index contributed by atoms with van der Waals surface area (Å²) in [5.74, 6) is -0.271. The predicted octanol–water partition coefficient (Wildman–Crippen LogP) is 2.47. The molecule has 1 aliphatic heterocycles. The molecule has 94 valence electrons.